The highest BCUT2D eigenvalue weighted by atomic mass is 16.5. The Bertz CT molecular complexity index is 989. The normalized spacial score (nSPS) is 31.0. The van der Waals surface area contributed by atoms with Crippen LogP contribution in [0.2, 0.25) is 0 Å². The van der Waals surface area contributed by atoms with Crippen LogP contribution in [0.5, 0.6) is 0 Å². The lowest BCUT2D eigenvalue weighted by molar-refractivity contribution is -0.468. The zero-order chi connectivity index (χ0) is 21.9. The smallest absolute Gasteiger partial charge is 0.320 e. The topological polar surface area (TPSA) is 77.2 Å². The summed E-state index contributed by atoms with van der Waals surface area (Å²) in [5.41, 5.74) is 2.87. The minimum absolute atomic E-state index is 0.0392. The third kappa shape index (κ3) is 3.32. The predicted molar refractivity (Wildman–Crippen MR) is 120 cm³/mol. The Balaban J connectivity index is 1.01. The summed E-state index contributed by atoms with van der Waals surface area (Å²) in [7, 11) is 0. The van der Waals surface area contributed by atoms with Crippen LogP contribution in [0.4, 0.5) is 10.5 Å². The van der Waals surface area contributed by atoms with Gasteiger partial charge in [-0.25, -0.2) is 9.79 Å². The maximum atomic E-state index is 13.0. The molecule has 5 aliphatic rings. The van der Waals surface area contributed by atoms with Crippen molar-refractivity contribution in [2.45, 2.75) is 50.4 Å². The van der Waals surface area contributed by atoms with Gasteiger partial charge in [-0.3, -0.25) is 4.79 Å². The van der Waals surface area contributed by atoms with E-state index in [9.17, 15) is 9.59 Å². The van der Waals surface area contributed by atoms with E-state index in [2.05, 4.69) is 46.1 Å². The number of urea groups is 1. The third-order valence-corrected chi connectivity index (χ3v) is 7.87. The summed E-state index contributed by atoms with van der Waals surface area (Å²) < 4.78 is 7.78. The second-order valence-electron chi connectivity index (χ2n) is 10.1. The van der Waals surface area contributed by atoms with Gasteiger partial charge in [0.25, 0.3) is 0 Å². The maximum Gasteiger partial charge on any atom is 0.320 e. The van der Waals surface area contributed by atoms with E-state index in [4.69, 9.17) is 4.74 Å². The molecule has 168 valence electrons. The van der Waals surface area contributed by atoms with Crippen molar-refractivity contribution in [2.24, 2.45) is 10.4 Å². The summed E-state index contributed by atoms with van der Waals surface area (Å²) in [5, 5.41) is 2.98. The Morgan fingerprint density at radius 1 is 1.22 bits per heavy atom. The molecule has 1 aliphatic carbocycles. The zero-order valence-corrected chi connectivity index (χ0v) is 18.4. The lowest BCUT2D eigenvalue weighted by Gasteiger charge is -2.60. The number of benzene rings is 1. The van der Waals surface area contributed by atoms with Crippen LogP contribution in [0.1, 0.15) is 37.7 Å². The monoisotopic (exact) mass is 436 g/mol. The molecule has 3 saturated heterocycles. The average molecular weight is 437 g/mol. The van der Waals surface area contributed by atoms with Gasteiger partial charge in [-0.15, -0.1) is 0 Å². The van der Waals surface area contributed by atoms with Crippen LogP contribution in [-0.2, 0) is 9.53 Å². The Kier molecular flexibility index (Phi) is 4.61. The number of amides is 3. The molecule has 0 bridgehead atoms. The Morgan fingerprint density at radius 3 is 2.72 bits per heavy atom. The molecule has 6 rings (SSSR count). The Hall–Kier alpha value is -2.74. The van der Waals surface area contributed by atoms with E-state index in [1.165, 1.54) is 11.3 Å². The fourth-order valence-electron chi connectivity index (χ4n) is 6.10. The number of carbonyl (C=O) groups excluding carboxylic acids is 2. The molecule has 0 radical (unpaired) electrons. The highest BCUT2D eigenvalue weighted by Crippen LogP contribution is 2.56. The summed E-state index contributed by atoms with van der Waals surface area (Å²) in [6.07, 6.45) is 7.18. The SMILES string of the molecule is CC1N=CC=[N+]1c1ccc(C2CC3(C2)CN(C(=O)N2CC[C@@H]4OCC(=O)N[C@@H]4C2)C3)cc1. The second-order valence-corrected chi connectivity index (χ2v) is 10.1. The van der Waals surface area contributed by atoms with Gasteiger partial charge in [0.2, 0.25) is 17.8 Å². The molecule has 3 amide bonds. The van der Waals surface area contributed by atoms with Crippen LogP contribution in [-0.4, -0.2) is 89.8 Å². The fourth-order valence-corrected chi connectivity index (χ4v) is 6.10. The molecule has 1 unspecified atom stereocenters. The maximum absolute atomic E-state index is 13.0. The number of hydrogen-bond donors (Lipinski definition) is 1. The predicted octanol–water partition coefficient (Wildman–Crippen LogP) is 1.72. The van der Waals surface area contributed by atoms with Crippen LogP contribution in [0.15, 0.2) is 29.3 Å². The Morgan fingerprint density at radius 2 is 2.00 bits per heavy atom. The molecule has 4 heterocycles. The largest absolute Gasteiger partial charge is 0.366 e. The standard InChI is InChI=1S/C24H29N5O3/c1-16-25-7-9-29(16)19-4-2-17(3-5-19)18-10-24(11-18)14-28(15-24)23(31)27-8-6-21-20(12-27)26-22(30)13-32-21/h2-5,7,9,16,18,20-21H,6,8,10-15H2,1H3/p+1/t16?,20-,21+/m1/s1. The van der Waals surface area contributed by atoms with Gasteiger partial charge >= 0.3 is 6.03 Å². The molecule has 8 heteroatoms. The van der Waals surface area contributed by atoms with E-state index in [0.29, 0.717) is 24.4 Å². The van der Waals surface area contributed by atoms with Crippen molar-refractivity contribution in [3.05, 3.63) is 29.8 Å². The molecule has 1 spiro atoms. The van der Waals surface area contributed by atoms with E-state index in [-0.39, 0.29) is 36.9 Å². The third-order valence-electron chi connectivity index (χ3n) is 7.87. The Labute approximate surface area is 187 Å². The van der Waals surface area contributed by atoms with E-state index in [1.54, 1.807) is 0 Å². The van der Waals surface area contributed by atoms with Gasteiger partial charge in [0.05, 0.1) is 18.4 Å². The number of ether oxygens (including phenoxy) is 1. The number of likely N-dealkylation sites (tertiary alicyclic amines) is 2. The molecule has 32 heavy (non-hydrogen) atoms. The van der Waals surface area contributed by atoms with Crippen LogP contribution in [0.3, 0.4) is 0 Å². The number of aliphatic imine (C=N–C) groups is 1. The van der Waals surface area contributed by atoms with Crippen molar-refractivity contribution in [3.63, 3.8) is 0 Å². The molecule has 1 N–H and O–H groups in total. The molecular weight excluding hydrogens is 406 g/mol. The number of hydrogen-bond acceptors (Lipinski definition) is 4. The number of nitrogens with one attached hydrogen (secondary N) is 1. The van der Waals surface area contributed by atoms with Gasteiger partial charge in [-0.1, -0.05) is 12.1 Å². The first-order chi connectivity index (χ1) is 15.5. The van der Waals surface area contributed by atoms with Crippen molar-refractivity contribution in [3.8, 4) is 0 Å². The number of rotatable bonds is 2. The first kappa shape index (κ1) is 19.9. The highest BCUT2D eigenvalue weighted by molar-refractivity contribution is 6.14. The van der Waals surface area contributed by atoms with E-state index in [0.717, 1.165) is 32.4 Å². The molecule has 1 aromatic rings. The lowest BCUT2D eigenvalue weighted by Crippen LogP contribution is -2.68. The number of carbonyl (C=O) groups is 2. The summed E-state index contributed by atoms with van der Waals surface area (Å²) in [6.45, 7) is 5.18. The summed E-state index contributed by atoms with van der Waals surface area (Å²) >= 11 is 0. The minimum atomic E-state index is -0.0848. The molecule has 8 nitrogen and oxygen atoms in total. The van der Waals surface area contributed by atoms with Crippen LogP contribution in [0.25, 0.3) is 0 Å². The minimum Gasteiger partial charge on any atom is -0.366 e. The number of morpholine rings is 1. The van der Waals surface area contributed by atoms with Gasteiger partial charge in [-0.2, -0.15) is 4.58 Å². The number of nitrogens with zero attached hydrogens (tertiary/aromatic N) is 4. The van der Waals surface area contributed by atoms with Gasteiger partial charge in [0.15, 0.2) is 6.21 Å². The lowest BCUT2D eigenvalue weighted by atomic mass is 9.56. The molecule has 3 atom stereocenters. The first-order valence-electron chi connectivity index (χ1n) is 11.7. The summed E-state index contributed by atoms with van der Waals surface area (Å²) in [4.78, 5) is 32.8. The molecule has 1 saturated carbocycles. The van der Waals surface area contributed by atoms with Gasteiger partial charge < -0.3 is 19.9 Å². The quantitative estimate of drug-likeness (QED) is 0.718. The number of fused-ring (bicyclic) bond motifs is 1. The second kappa shape index (κ2) is 7.40. The van der Waals surface area contributed by atoms with Crippen molar-refractivity contribution >= 4 is 30.1 Å². The van der Waals surface area contributed by atoms with Gasteiger partial charge in [-0.05, 0) is 30.7 Å². The summed E-state index contributed by atoms with van der Waals surface area (Å²) in [6, 6.07) is 8.91. The van der Waals surface area contributed by atoms with Crippen molar-refractivity contribution in [1.29, 1.82) is 0 Å². The van der Waals surface area contributed by atoms with Gasteiger partial charge in [0.1, 0.15) is 6.61 Å². The fraction of sp³-hybridized carbons (Fsp3) is 0.583. The van der Waals surface area contributed by atoms with Gasteiger partial charge in [0, 0.05) is 50.7 Å². The summed E-state index contributed by atoms with van der Waals surface area (Å²) in [5.74, 6) is 0.501. The van der Waals surface area contributed by atoms with E-state index < -0.39 is 0 Å². The van der Waals surface area contributed by atoms with Crippen LogP contribution in [0, 0.1) is 5.41 Å². The highest BCUT2D eigenvalue weighted by Gasteiger charge is 2.54. The number of piperidine rings is 1. The molecule has 0 aromatic heterocycles. The van der Waals surface area contributed by atoms with E-state index in [1.807, 2.05) is 22.2 Å². The van der Waals surface area contributed by atoms with Crippen LogP contribution >= 0.6 is 0 Å². The molecule has 4 aliphatic heterocycles. The molecular formula is C24H30N5O3+. The first-order valence-corrected chi connectivity index (χ1v) is 11.7. The van der Waals surface area contributed by atoms with Crippen molar-refractivity contribution in [2.75, 3.05) is 32.8 Å². The van der Waals surface area contributed by atoms with Crippen molar-refractivity contribution < 1.29 is 18.9 Å². The van der Waals surface area contributed by atoms with E-state index >= 15 is 0 Å². The molecule has 1 aromatic carbocycles. The molecule has 4 fully saturated rings. The zero-order valence-electron chi connectivity index (χ0n) is 18.4. The van der Waals surface area contributed by atoms with Crippen molar-refractivity contribution in [1.82, 2.24) is 15.1 Å². The average Bonchev–Trinajstić information content (AvgIpc) is 3.17. The van der Waals surface area contributed by atoms with Crippen LogP contribution < -0.4 is 5.32 Å².